The minimum absolute atomic E-state index is 0.0345. The zero-order chi connectivity index (χ0) is 14.0. The fourth-order valence-corrected chi connectivity index (χ4v) is 2.07. The number of hydrogen-bond acceptors (Lipinski definition) is 2. The molecule has 0 amide bonds. The van der Waals surface area contributed by atoms with Gasteiger partial charge in [0.1, 0.15) is 0 Å². The van der Waals surface area contributed by atoms with E-state index in [2.05, 4.69) is 0 Å². The van der Waals surface area contributed by atoms with E-state index in [1.54, 1.807) is 12.1 Å². The van der Waals surface area contributed by atoms with Gasteiger partial charge in [-0.15, -0.1) is 0 Å². The Hall–Kier alpha value is -1.84. The number of carbonyl (C=O) groups excluding carboxylic acids is 1. The van der Waals surface area contributed by atoms with Crippen LogP contribution in [0.5, 0.6) is 0 Å². The summed E-state index contributed by atoms with van der Waals surface area (Å²) in [5.41, 5.74) is 0.223. The molecule has 0 spiro atoms. The van der Waals surface area contributed by atoms with E-state index in [1.165, 1.54) is 30.3 Å². The first-order valence-electron chi connectivity index (χ1n) is 5.33. The van der Waals surface area contributed by atoms with Crippen LogP contribution in [0.4, 0.5) is 0 Å². The van der Waals surface area contributed by atoms with Gasteiger partial charge >= 0.3 is 5.97 Å². The van der Waals surface area contributed by atoms with Gasteiger partial charge in [-0.3, -0.25) is 4.79 Å². The summed E-state index contributed by atoms with van der Waals surface area (Å²) in [7, 11) is 0. The Labute approximate surface area is 119 Å². The van der Waals surface area contributed by atoms with E-state index in [0.29, 0.717) is 10.6 Å². The molecule has 0 radical (unpaired) electrons. The molecular weight excluding hydrogens is 287 g/mol. The molecule has 19 heavy (non-hydrogen) atoms. The van der Waals surface area contributed by atoms with Crippen LogP contribution in [0.1, 0.15) is 26.3 Å². The van der Waals surface area contributed by atoms with Crippen molar-refractivity contribution >= 4 is 35.0 Å². The molecule has 0 unspecified atom stereocenters. The van der Waals surface area contributed by atoms with Gasteiger partial charge in [0.05, 0.1) is 10.6 Å². The minimum Gasteiger partial charge on any atom is -0.478 e. The zero-order valence-electron chi connectivity index (χ0n) is 9.56. The summed E-state index contributed by atoms with van der Waals surface area (Å²) in [6.07, 6.45) is 0. The second kappa shape index (κ2) is 5.43. The maximum absolute atomic E-state index is 12.3. The van der Waals surface area contributed by atoms with Crippen LogP contribution < -0.4 is 0 Å². The quantitative estimate of drug-likeness (QED) is 0.873. The molecule has 0 bridgehead atoms. The first-order chi connectivity index (χ1) is 9.00. The van der Waals surface area contributed by atoms with Gasteiger partial charge in [-0.1, -0.05) is 35.3 Å². The monoisotopic (exact) mass is 294 g/mol. The lowest BCUT2D eigenvalue weighted by Crippen LogP contribution is -2.10. The van der Waals surface area contributed by atoms with Gasteiger partial charge in [-0.25, -0.2) is 4.79 Å². The van der Waals surface area contributed by atoms with E-state index in [0.717, 1.165) is 0 Å². The predicted octanol–water partition coefficient (Wildman–Crippen LogP) is 3.92. The molecule has 1 N–H and O–H groups in total. The van der Waals surface area contributed by atoms with E-state index < -0.39 is 11.8 Å². The average molecular weight is 295 g/mol. The Kier molecular flexibility index (Phi) is 3.88. The fourth-order valence-electron chi connectivity index (χ4n) is 1.69. The summed E-state index contributed by atoms with van der Waals surface area (Å²) in [5, 5.41) is 9.66. The Bertz CT molecular complexity index is 648. The maximum atomic E-state index is 12.3. The third kappa shape index (κ3) is 2.78. The average Bonchev–Trinajstić information content (AvgIpc) is 2.38. The number of benzene rings is 2. The summed E-state index contributed by atoms with van der Waals surface area (Å²) in [4.78, 5) is 23.4. The molecule has 0 saturated carbocycles. The predicted molar refractivity (Wildman–Crippen MR) is 73.3 cm³/mol. The van der Waals surface area contributed by atoms with E-state index in [1.807, 2.05) is 0 Å². The lowest BCUT2D eigenvalue weighted by atomic mass is 9.98. The second-order valence-corrected chi connectivity index (χ2v) is 4.65. The Balaban J connectivity index is 2.53. The molecule has 0 aliphatic carbocycles. The summed E-state index contributed by atoms with van der Waals surface area (Å²) in [6.45, 7) is 0. The van der Waals surface area contributed by atoms with Gasteiger partial charge in [-0.05, 0) is 30.3 Å². The minimum atomic E-state index is -1.23. The summed E-state index contributed by atoms with van der Waals surface area (Å²) < 4.78 is 0. The van der Waals surface area contributed by atoms with Gasteiger partial charge in [0.15, 0.2) is 5.78 Å². The molecule has 0 aromatic heterocycles. The maximum Gasteiger partial charge on any atom is 0.337 e. The normalized spacial score (nSPS) is 10.2. The molecule has 0 aliphatic rings. The molecule has 2 aromatic carbocycles. The number of ketones is 1. The van der Waals surface area contributed by atoms with Crippen LogP contribution in [0.2, 0.25) is 10.0 Å². The molecule has 0 fully saturated rings. The summed E-state index contributed by atoms with van der Waals surface area (Å²) >= 11 is 11.6. The number of halogens is 2. The Morgan fingerprint density at radius 3 is 2.16 bits per heavy atom. The van der Waals surface area contributed by atoms with Crippen LogP contribution in [0.25, 0.3) is 0 Å². The number of carboxylic acids is 1. The Morgan fingerprint density at radius 2 is 1.58 bits per heavy atom. The van der Waals surface area contributed by atoms with Crippen molar-refractivity contribution in [2.45, 2.75) is 0 Å². The van der Waals surface area contributed by atoms with Crippen molar-refractivity contribution in [1.29, 1.82) is 0 Å². The number of carbonyl (C=O) groups is 2. The molecule has 0 heterocycles. The van der Waals surface area contributed by atoms with Crippen molar-refractivity contribution in [1.82, 2.24) is 0 Å². The standard InChI is InChI=1S/C14H8Cl2O3/c15-9-6-4-8(5-7-9)13(17)10-2-1-3-11(16)12(10)14(18)19/h1-7H,(H,18,19). The fraction of sp³-hybridized carbons (Fsp3) is 0. The van der Waals surface area contributed by atoms with Gasteiger partial charge in [0.25, 0.3) is 0 Å². The number of hydrogen-bond donors (Lipinski definition) is 1. The highest BCUT2D eigenvalue weighted by Crippen LogP contribution is 2.23. The third-order valence-corrected chi connectivity index (χ3v) is 3.15. The van der Waals surface area contributed by atoms with Gasteiger partial charge < -0.3 is 5.11 Å². The summed E-state index contributed by atoms with van der Waals surface area (Å²) in [5.74, 6) is -1.64. The lowest BCUT2D eigenvalue weighted by molar-refractivity contribution is 0.0693. The topological polar surface area (TPSA) is 54.4 Å². The van der Waals surface area contributed by atoms with Crippen molar-refractivity contribution in [3.05, 3.63) is 69.2 Å². The molecule has 3 nitrogen and oxygen atoms in total. The van der Waals surface area contributed by atoms with Crippen LogP contribution in [0.3, 0.4) is 0 Å². The molecule has 0 atom stereocenters. The molecule has 2 aromatic rings. The number of rotatable bonds is 3. The van der Waals surface area contributed by atoms with E-state index in [4.69, 9.17) is 28.3 Å². The van der Waals surface area contributed by atoms with Crippen LogP contribution in [-0.4, -0.2) is 16.9 Å². The third-order valence-electron chi connectivity index (χ3n) is 2.58. The molecule has 96 valence electrons. The Morgan fingerprint density at radius 1 is 0.947 bits per heavy atom. The van der Waals surface area contributed by atoms with Gasteiger partial charge in [-0.2, -0.15) is 0 Å². The molecule has 0 saturated heterocycles. The first-order valence-corrected chi connectivity index (χ1v) is 6.08. The van der Waals surface area contributed by atoms with Gasteiger partial charge in [0, 0.05) is 16.1 Å². The van der Waals surface area contributed by atoms with Crippen LogP contribution in [0.15, 0.2) is 42.5 Å². The van der Waals surface area contributed by atoms with Gasteiger partial charge in [0.2, 0.25) is 0 Å². The SMILES string of the molecule is O=C(c1ccc(Cl)cc1)c1cccc(Cl)c1C(=O)O. The highest BCUT2D eigenvalue weighted by atomic mass is 35.5. The van der Waals surface area contributed by atoms with Crippen LogP contribution in [-0.2, 0) is 0 Å². The lowest BCUT2D eigenvalue weighted by Gasteiger charge is -2.07. The van der Waals surface area contributed by atoms with Crippen LogP contribution >= 0.6 is 23.2 Å². The highest BCUT2D eigenvalue weighted by molar-refractivity contribution is 6.35. The zero-order valence-corrected chi connectivity index (χ0v) is 11.1. The molecular formula is C14H8Cl2O3. The van der Waals surface area contributed by atoms with Crippen molar-refractivity contribution in [3.63, 3.8) is 0 Å². The molecule has 0 aliphatic heterocycles. The van der Waals surface area contributed by atoms with Crippen molar-refractivity contribution in [3.8, 4) is 0 Å². The number of carboxylic acid groups (broad SMARTS) is 1. The van der Waals surface area contributed by atoms with Crippen molar-refractivity contribution < 1.29 is 14.7 Å². The van der Waals surface area contributed by atoms with Crippen LogP contribution in [0, 0.1) is 0 Å². The molecule has 5 heteroatoms. The summed E-state index contributed by atoms with van der Waals surface area (Å²) in [6, 6.07) is 10.6. The first kappa shape index (κ1) is 13.6. The van der Waals surface area contributed by atoms with Crippen molar-refractivity contribution in [2.75, 3.05) is 0 Å². The highest BCUT2D eigenvalue weighted by Gasteiger charge is 2.20. The number of aromatic carboxylic acids is 1. The smallest absolute Gasteiger partial charge is 0.337 e. The second-order valence-electron chi connectivity index (χ2n) is 3.80. The van der Waals surface area contributed by atoms with E-state index in [-0.39, 0.29) is 16.1 Å². The van der Waals surface area contributed by atoms with Crippen molar-refractivity contribution in [2.24, 2.45) is 0 Å². The largest absolute Gasteiger partial charge is 0.478 e. The van der Waals surface area contributed by atoms with E-state index >= 15 is 0 Å². The van der Waals surface area contributed by atoms with E-state index in [9.17, 15) is 9.59 Å². The molecule has 2 rings (SSSR count).